The maximum atomic E-state index is 12.2. The third kappa shape index (κ3) is 3.76. The molecule has 8 nitrogen and oxygen atoms in total. The highest BCUT2D eigenvalue weighted by Gasteiger charge is 2.22. The Morgan fingerprint density at radius 1 is 1.08 bits per heavy atom. The number of aryl methyl sites for hydroxylation is 1. The first-order chi connectivity index (χ1) is 11.6. The molecule has 1 aliphatic rings. The number of amides is 2. The van der Waals surface area contributed by atoms with Gasteiger partial charge >= 0.3 is 0 Å². The lowest BCUT2D eigenvalue weighted by Crippen LogP contribution is -2.50. The Morgan fingerprint density at radius 2 is 1.75 bits per heavy atom. The average Bonchev–Trinajstić information content (AvgIpc) is 3.09. The third-order valence-corrected chi connectivity index (χ3v) is 4.02. The van der Waals surface area contributed by atoms with Crippen LogP contribution in [0.3, 0.4) is 0 Å². The molecule has 0 aromatic carbocycles. The number of piperazine rings is 1. The number of rotatable bonds is 4. The van der Waals surface area contributed by atoms with Crippen molar-refractivity contribution < 1.29 is 14.0 Å². The zero-order valence-electron chi connectivity index (χ0n) is 13.5. The molecule has 0 aliphatic carbocycles. The Kier molecular flexibility index (Phi) is 4.83. The van der Waals surface area contributed by atoms with Crippen molar-refractivity contribution in [3.05, 3.63) is 30.4 Å². The van der Waals surface area contributed by atoms with Crippen molar-refractivity contribution in [3.63, 3.8) is 0 Å². The van der Waals surface area contributed by atoms with Gasteiger partial charge in [0.2, 0.25) is 23.6 Å². The summed E-state index contributed by atoms with van der Waals surface area (Å²) in [6.07, 6.45) is 4.04. The quantitative estimate of drug-likeness (QED) is 0.822. The highest BCUT2D eigenvalue weighted by Crippen LogP contribution is 2.17. The Morgan fingerprint density at radius 3 is 2.42 bits per heavy atom. The molecule has 2 aromatic heterocycles. The Bertz CT molecular complexity index is 708. The van der Waals surface area contributed by atoms with Gasteiger partial charge in [-0.1, -0.05) is 0 Å². The molecule has 3 rings (SSSR count). The second-order valence-corrected chi connectivity index (χ2v) is 5.62. The molecule has 0 atom stereocenters. The predicted molar refractivity (Wildman–Crippen MR) is 84.7 cm³/mol. The number of carbonyl (C=O) groups excluding carboxylic acids is 2. The van der Waals surface area contributed by atoms with E-state index in [1.807, 2.05) is 0 Å². The van der Waals surface area contributed by atoms with E-state index in [-0.39, 0.29) is 11.8 Å². The molecule has 0 saturated carbocycles. The van der Waals surface area contributed by atoms with Crippen molar-refractivity contribution in [2.45, 2.75) is 19.8 Å². The molecule has 0 unspecified atom stereocenters. The second kappa shape index (κ2) is 7.20. The zero-order valence-corrected chi connectivity index (χ0v) is 13.5. The van der Waals surface area contributed by atoms with Gasteiger partial charge in [-0.25, -0.2) is 0 Å². The number of aromatic nitrogens is 3. The number of carbonyl (C=O) groups is 2. The average molecular weight is 329 g/mol. The minimum Gasteiger partial charge on any atom is -0.421 e. The normalized spacial score (nSPS) is 14.7. The van der Waals surface area contributed by atoms with Gasteiger partial charge in [0.15, 0.2) is 0 Å². The van der Waals surface area contributed by atoms with E-state index in [1.54, 1.807) is 41.2 Å². The van der Waals surface area contributed by atoms with Crippen molar-refractivity contribution in [3.8, 4) is 11.5 Å². The van der Waals surface area contributed by atoms with Crippen molar-refractivity contribution in [2.24, 2.45) is 0 Å². The van der Waals surface area contributed by atoms with Crippen LogP contribution in [-0.4, -0.2) is 63.0 Å². The van der Waals surface area contributed by atoms with Crippen LogP contribution in [0.2, 0.25) is 0 Å². The lowest BCUT2D eigenvalue weighted by molar-refractivity contribution is -0.138. The fourth-order valence-electron chi connectivity index (χ4n) is 2.61. The topological polar surface area (TPSA) is 92.4 Å². The van der Waals surface area contributed by atoms with Crippen molar-refractivity contribution >= 4 is 11.8 Å². The number of hydrogen-bond donors (Lipinski definition) is 0. The first-order valence-electron chi connectivity index (χ1n) is 7.89. The smallest absolute Gasteiger partial charge is 0.247 e. The summed E-state index contributed by atoms with van der Waals surface area (Å²) in [5.74, 6) is 0.964. The minimum absolute atomic E-state index is 0.0434. The van der Waals surface area contributed by atoms with E-state index in [9.17, 15) is 9.59 Å². The molecule has 8 heteroatoms. The number of pyridine rings is 1. The van der Waals surface area contributed by atoms with Gasteiger partial charge < -0.3 is 14.2 Å². The summed E-state index contributed by atoms with van der Waals surface area (Å²) in [6.45, 7) is 3.88. The second-order valence-electron chi connectivity index (χ2n) is 5.62. The summed E-state index contributed by atoms with van der Waals surface area (Å²) in [4.78, 5) is 31.0. The zero-order chi connectivity index (χ0) is 16.9. The molecular weight excluding hydrogens is 310 g/mol. The van der Waals surface area contributed by atoms with Gasteiger partial charge in [0, 0.05) is 63.9 Å². The summed E-state index contributed by atoms with van der Waals surface area (Å²) in [5, 5.41) is 7.98. The Labute approximate surface area is 139 Å². The summed E-state index contributed by atoms with van der Waals surface area (Å²) < 4.78 is 5.58. The lowest BCUT2D eigenvalue weighted by atomic mass is 10.2. The van der Waals surface area contributed by atoms with Crippen molar-refractivity contribution in [1.29, 1.82) is 0 Å². The van der Waals surface area contributed by atoms with Crippen LogP contribution in [0, 0.1) is 0 Å². The SMILES string of the molecule is CC(=O)N1CCN(C(=O)CCc2nnc(-c3ccncc3)o2)CC1. The van der Waals surface area contributed by atoms with Crippen LogP contribution in [0.1, 0.15) is 19.2 Å². The number of nitrogens with zero attached hydrogens (tertiary/aromatic N) is 5. The number of hydrogen-bond acceptors (Lipinski definition) is 6. The summed E-state index contributed by atoms with van der Waals surface area (Å²) in [7, 11) is 0. The molecule has 126 valence electrons. The summed E-state index contributed by atoms with van der Waals surface area (Å²) >= 11 is 0. The van der Waals surface area contributed by atoms with Crippen molar-refractivity contribution in [2.75, 3.05) is 26.2 Å². The van der Waals surface area contributed by atoms with Gasteiger partial charge in [-0.05, 0) is 12.1 Å². The summed E-state index contributed by atoms with van der Waals surface area (Å²) in [6, 6.07) is 3.58. The van der Waals surface area contributed by atoms with Crippen LogP contribution in [-0.2, 0) is 16.0 Å². The van der Waals surface area contributed by atoms with Crippen LogP contribution in [0.25, 0.3) is 11.5 Å². The molecule has 2 aromatic rings. The maximum absolute atomic E-state index is 12.2. The molecule has 0 radical (unpaired) electrons. The van der Waals surface area contributed by atoms with Gasteiger partial charge in [-0.3, -0.25) is 14.6 Å². The predicted octanol–water partition coefficient (Wildman–Crippen LogP) is 0.755. The van der Waals surface area contributed by atoms with Gasteiger partial charge in [0.25, 0.3) is 0 Å². The van der Waals surface area contributed by atoms with E-state index in [2.05, 4.69) is 15.2 Å². The minimum atomic E-state index is 0.0434. The molecule has 2 amide bonds. The van der Waals surface area contributed by atoms with Crippen LogP contribution in [0.5, 0.6) is 0 Å². The van der Waals surface area contributed by atoms with Crippen LogP contribution in [0.4, 0.5) is 0 Å². The van der Waals surface area contributed by atoms with Gasteiger partial charge in [0.1, 0.15) is 0 Å². The van der Waals surface area contributed by atoms with E-state index in [1.165, 1.54) is 0 Å². The maximum Gasteiger partial charge on any atom is 0.247 e. The molecule has 1 saturated heterocycles. The Balaban J connectivity index is 1.50. The first-order valence-corrected chi connectivity index (χ1v) is 7.89. The van der Waals surface area contributed by atoms with Gasteiger partial charge in [0.05, 0.1) is 0 Å². The largest absolute Gasteiger partial charge is 0.421 e. The van der Waals surface area contributed by atoms with Crippen LogP contribution >= 0.6 is 0 Å². The molecule has 3 heterocycles. The van der Waals surface area contributed by atoms with E-state index in [0.717, 1.165) is 5.56 Å². The van der Waals surface area contributed by atoms with Crippen LogP contribution in [0.15, 0.2) is 28.9 Å². The van der Waals surface area contributed by atoms with E-state index >= 15 is 0 Å². The Hall–Kier alpha value is -2.77. The molecule has 1 aliphatic heterocycles. The van der Waals surface area contributed by atoms with Gasteiger partial charge in [-0.2, -0.15) is 0 Å². The molecule has 0 N–H and O–H groups in total. The molecular formula is C16H19N5O3. The molecule has 1 fully saturated rings. The van der Waals surface area contributed by atoms with E-state index in [0.29, 0.717) is 50.8 Å². The van der Waals surface area contributed by atoms with Crippen molar-refractivity contribution in [1.82, 2.24) is 25.0 Å². The lowest BCUT2D eigenvalue weighted by Gasteiger charge is -2.34. The van der Waals surface area contributed by atoms with E-state index in [4.69, 9.17) is 4.42 Å². The van der Waals surface area contributed by atoms with E-state index < -0.39 is 0 Å². The summed E-state index contributed by atoms with van der Waals surface area (Å²) in [5.41, 5.74) is 0.801. The first kappa shape index (κ1) is 16.1. The van der Waals surface area contributed by atoms with Gasteiger partial charge in [-0.15, -0.1) is 10.2 Å². The monoisotopic (exact) mass is 329 g/mol. The molecule has 24 heavy (non-hydrogen) atoms. The highest BCUT2D eigenvalue weighted by molar-refractivity contribution is 5.77. The molecule has 0 bridgehead atoms. The fourth-order valence-corrected chi connectivity index (χ4v) is 2.61. The standard InChI is InChI=1S/C16H19N5O3/c1-12(22)20-8-10-21(11-9-20)15(23)3-2-14-18-19-16(24-14)13-4-6-17-7-5-13/h4-7H,2-3,8-11H2,1H3. The highest BCUT2D eigenvalue weighted by atomic mass is 16.4. The third-order valence-electron chi connectivity index (χ3n) is 4.02. The van der Waals surface area contributed by atoms with Crippen LogP contribution < -0.4 is 0 Å². The fraction of sp³-hybridized carbons (Fsp3) is 0.438. The molecule has 0 spiro atoms.